The van der Waals surface area contributed by atoms with Gasteiger partial charge in [-0.1, -0.05) is 0 Å². The molecule has 2 aliphatic rings. The third-order valence-electron chi connectivity index (χ3n) is 3.44. The van der Waals surface area contributed by atoms with E-state index in [-0.39, 0.29) is 12.0 Å². The third kappa shape index (κ3) is 2.49. The van der Waals surface area contributed by atoms with Crippen LogP contribution in [0.15, 0.2) is 0 Å². The topological polar surface area (TPSA) is 41.6 Å². The summed E-state index contributed by atoms with van der Waals surface area (Å²) >= 11 is 0. The predicted molar refractivity (Wildman–Crippen MR) is 57.6 cm³/mol. The SMILES string of the molecule is CO[C@H]1CCN(C(=O)C2CCCNC2)C1. The normalized spacial score (nSPS) is 31.9. The van der Waals surface area contributed by atoms with Gasteiger partial charge in [-0.05, 0) is 25.8 Å². The summed E-state index contributed by atoms with van der Waals surface area (Å²) in [5, 5.41) is 3.29. The lowest BCUT2D eigenvalue weighted by Crippen LogP contribution is -2.42. The molecule has 1 N–H and O–H groups in total. The molecule has 2 saturated heterocycles. The van der Waals surface area contributed by atoms with Gasteiger partial charge in [0, 0.05) is 26.7 Å². The number of methoxy groups -OCH3 is 1. The van der Waals surface area contributed by atoms with Crippen molar-refractivity contribution in [2.24, 2.45) is 5.92 Å². The molecule has 4 heteroatoms. The lowest BCUT2D eigenvalue weighted by molar-refractivity contribution is -0.135. The van der Waals surface area contributed by atoms with E-state index < -0.39 is 0 Å². The van der Waals surface area contributed by atoms with Crippen molar-refractivity contribution in [1.82, 2.24) is 10.2 Å². The van der Waals surface area contributed by atoms with E-state index in [2.05, 4.69) is 5.32 Å². The Morgan fingerprint density at radius 3 is 2.93 bits per heavy atom. The Balaban J connectivity index is 1.85. The van der Waals surface area contributed by atoms with Crippen LogP contribution >= 0.6 is 0 Å². The zero-order valence-electron chi connectivity index (χ0n) is 9.37. The van der Waals surface area contributed by atoms with Crippen molar-refractivity contribution in [2.45, 2.75) is 25.4 Å². The van der Waals surface area contributed by atoms with Gasteiger partial charge in [0.25, 0.3) is 0 Å². The summed E-state index contributed by atoms with van der Waals surface area (Å²) in [5.41, 5.74) is 0. The van der Waals surface area contributed by atoms with Crippen LogP contribution in [-0.4, -0.2) is 50.2 Å². The van der Waals surface area contributed by atoms with Crippen LogP contribution in [0.1, 0.15) is 19.3 Å². The van der Waals surface area contributed by atoms with Gasteiger partial charge in [0.15, 0.2) is 0 Å². The zero-order chi connectivity index (χ0) is 10.7. The molecule has 1 unspecified atom stereocenters. The summed E-state index contributed by atoms with van der Waals surface area (Å²) in [6, 6.07) is 0. The van der Waals surface area contributed by atoms with Gasteiger partial charge in [-0.3, -0.25) is 4.79 Å². The van der Waals surface area contributed by atoms with E-state index in [0.717, 1.165) is 45.4 Å². The maximum atomic E-state index is 12.1. The number of nitrogens with zero attached hydrogens (tertiary/aromatic N) is 1. The van der Waals surface area contributed by atoms with Crippen molar-refractivity contribution in [3.05, 3.63) is 0 Å². The average Bonchev–Trinajstić information content (AvgIpc) is 2.78. The summed E-state index contributed by atoms with van der Waals surface area (Å²) in [4.78, 5) is 14.1. The third-order valence-corrected chi connectivity index (χ3v) is 3.44. The number of amides is 1. The number of carbonyl (C=O) groups is 1. The first-order valence-electron chi connectivity index (χ1n) is 5.83. The van der Waals surface area contributed by atoms with E-state index in [1.807, 2.05) is 4.90 Å². The van der Waals surface area contributed by atoms with Gasteiger partial charge in [0.05, 0.1) is 12.0 Å². The Morgan fingerprint density at radius 2 is 2.33 bits per heavy atom. The van der Waals surface area contributed by atoms with Crippen molar-refractivity contribution in [3.63, 3.8) is 0 Å². The first-order valence-corrected chi connectivity index (χ1v) is 5.83. The van der Waals surface area contributed by atoms with Crippen LogP contribution in [0, 0.1) is 5.92 Å². The van der Waals surface area contributed by atoms with Gasteiger partial charge in [0.2, 0.25) is 5.91 Å². The highest BCUT2D eigenvalue weighted by Crippen LogP contribution is 2.18. The number of nitrogens with one attached hydrogen (secondary N) is 1. The number of ether oxygens (including phenoxy) is 1. The average molecular weight is 212 g/mol. The highest BCUT2D eigenvalue weighted by molar-refractivity contribution is 5.79. The molecule has 0 aromatic heterocycles. The van der Waals surface area contributed by atoms with E-state index in [4.69, 9.17) is 4.74 Å². The second-order valence-electron chi connectivity index (χ2n) is 4.47. The Morgan fingerprint density at radius 1 is 1.47 bits per heavy atom. The smallest absolute Gasteiger partial charge is 0.227 e. The maximum absolute atomic E-state index is 12.1. The number of rotatable bonds is 2. The minimum Gasteiger partial charge on any atom is -0.380 e. The van der Waals surface area contributed by atoms with Gasteiger partial charge in [-0.15, -0.1) is 0 Å². The Hall–Kier alpha value is -0.610. The first kappa shape index (κ1) is 10.9. The molecule has 2 fully saturated rings. The van der Waals surface area contributed by atoms with Crippen LogP contribution in [0.3, 0.4) is 0 Å². The first-order chi connectivity index (χ1) is 7.31. The predicted octanol–water partition coefficient (Wildman–Crippen LogP) is 0.233. The van der Waals surface area contributed by atoms with Gasteiger partial charge in [0.1, 0.15) is 0 Å². The van der Waals surface area contributed by atoms with Crippen molar-refractivity contribution < 1.29 is 9.53 Å². The van der Waals surface area contributed by atoms with E-state index in [0.29, 0.717) is 5.91 Å². The van der Waals surface area contributed by atoms with Crippen LogP contribution < -0.4 is 5.32 Å². The molecule has 2 atom stereocenters. The van der Waals surface area contributed by atoms with Crippen LogP contribution in [0.4, 0.5) is 0 Å². The fourth-order valence-corrected chi connectivity index (χ4v) is 2.44. The summed E-state index contributed by atoms with van der Waals surface area (Å²) < 4.78 is 5.27. The standard InChI is InChI=1S/C11H20N2O2/c1-15-10-4-6-13(8-10)11(14)9-3-2-5-12-7-9/h9-10,12H,2-8H2,1H3/t9?,10-/m0/s1. The minimum absolute atomic E-state index is 0.203. The number of hydrogen-bond acceptors (Lipinski definition) is 3. The van der Waals surface area contributed by atoms with E-state index in [9.17, 15) is 4.79 Å². The molecule has 4 nitrogen and oxygen atoms in total. The fraction of sp³-hybridized carbons (Fsp3) is 0.909. The van der Waals surface area contributed by atoms with E-state index in [1.54, 1.807) is 7.11 Å². The van der Waals surface area contributed by atoms with Crippen molar-refractivity contribution in [1.29, 1.82) is 0 Å². The summed E-state index contributed by atoms with van der Waals surface area (Å²) in [6.07, 6.45) is 3.41. The van der Waals surface area contributed by atoms with Gasteiger partial charge in [-0.2, -0.15) is 0 Å². The molecule has 2 heterocycles. The summed E-state index contributed by atoms with van der Waals surface area (Å²) in [5.74, 6) is 0.524. The van der Waals surface area contributed by atoms with Crippen molar-refractivity contribution >= 4 is 5.91 Å². The Bertz CT molecular complexity index is 227. The monoisotopic (exact) mass is 212 g/mol. The molecule has 86 valence electrons. The van der Waals surface area contributed by atoms with Crippen molar-refractivity contribution in [3.8, 4) is 0 Å². The Kier molecular flexibility index (Phi) is 3.59. The van der Waals surface area contributed by atoms with Crippen LogP contribution in [0.5, 0.6) is 0 Å². The number of piperidine rings is 1. The fourth-order valence-electron chi connectivity index (χ4n) is 2.44. The quantitative estimate of drug-likeness (QED) is 0.712. The maximum Gasteiger partial charge on any atom is 0.227 e. The lowest BCUT2D eigenvalue weighted by Gasteiger charge is -2.26. The highest BCUT2D eigenvalue weighted by atomic mass is 16.5. The highest BCUT2D eigenvalue weighted by Gasteiger charge is 2.31. The molecule has 15 heavy (non-hydrogen) atoms. The summed E-state index contributed by atoms with van der Waals surface area (Å²) in [6.45, 7) is 3.57. The lowest BCUT2D eigenvalue weighted by atomic mass is 9.98. The molecule has 0 bridgehead atoms. The van der Waals surface area contributed by atoms with Crippen molar-refractivity contribution in [2.75, 3.05) is 33.3 Å². The molecule has 0 aromatic carbocycles. The van der Waals surface area contributed by atoms with Gasteiger partial charge >= 0.3 is 0 Å². The molecule has 2 rings (SSSR count). The molecule has 0 radical (unpaired) electrons. The van der Waals surface area contributed by atoms with Gasteiger partial charge in [-0.25, -0.2) is 0 Å². The number of carbonyl (C=O) groups excluding carboxylic acids is 1. The van der Waals surface area contributed by atoms with E-state index in [1.165, 1.54) is 0 Å². The molecular formula is C11H20N2O2. The molecular weight excluding hydrogens is 192 g/mol. The molecule has 0 aromatic rings. The Labute approximate surface area is 91.0 Å². The molecule has 1 amide bonds. The minimum atomic E-state index is 0.203. The number of likely N-dealkylation sites (tertiary alicyclic amines) is 1. The van der Waals surface area contributed by atoms with Crippen LogP contribution in [0.25, 0.3) is 0 Å². The van der Waals surface area contributed by atoms with Crippen LogP contribution in [-0.2, 0) is 9.53 Å². The number of hydrogen-bond donors (Lipinski definition) is 1. The molecule has 2 aliphatic heterocycles. The second kappa shape index (κ2) is 4.94. The van der Waals surface area contributed by atoms with Gasteiger partial charge < -0.3 is 15.0 Å². The zero-order valence-corrected chi connectivity index (χ0v) is 9.37. The molecule has 0 aliphatic carbocycles. The molecule has 0 saturated carbocycles. The largest absolute Gasteiger partial charge is 0.380 e. The summed E-state index contributed by atoms with van der Waals surface area (Å²) in [7, 11) is 1.72. The second-order valence-corrected chi connectivity index (χ2v) is 4.47. The van der Waals surface area contributed by atoms with E-state index >= 15 is 0 Å². The molecule has 0 spiro atoms. The van der Waals surface area contributed by atoms with Crippen LogP contribution in [0.2, 0.25) is 0 Å².